The fourth-order valence-electron chi connectivity index (χ4n) is 1.90. The van der Waals surface area contributed by atoms with Gasteiger partial charge in [-0.05, 0) is 58.7 Å². The Morgan fingerprint density at radius 1 is 1.16 bits per heavy atom. The predicted molar refractivity (Wildman–Crippen MR) is 81.9 cm³/mol. The first-order valence-corrected chi connectivity index (χ1v) is 7.11. The van der Waals surface area contributed by atoms with Gasteiger partial charge in [-0.3, -0.25) is 0 Å². The normalized spacial score (nSPS) is 11.2. The lowest BCUT2D eigenvalue weighted by molar-refractivity contribution is 0.618. The third-order valence-electron chi connectivity index (χ3n) is 2.75. The SMILES string of the molecule is Cc1cc(Br)c2oc(-c3ccc(Cl)cc3Cl)nc2c1. The maximum Gasteiger partial charge on any atom is 0.228 e. The van der Waals surface area contributed by atoms with Crippen molar-refractivity contribution in [3.8, 4) is 11.5 Å². The summed E-state index contributed by atoms with van der Waals surface area (Å²) in [5.41, 5.74) is 3.35. The largest absolute Gasteiger partial charge is 0.435 e. The number of hydrogen-bond donors (Lipinski definition) is 0. The van der Waals surface area contributed by atoms with E-state index in [1.807, 2.05) is 19.1 Å². The van der Waals surface area contributed by atoms with Crippen LogP contribution in [0, 0.1) is 6.92 Å². The Hall–Kier alpha value is -1.03. The number of fused-ring (bicyclic) bond motifs is 1. The van der Waals surface area contributed by atoms with Gasteiger partial charge in [-0.15, -0.1) is 0 Å². The van der Waals surface area contributed by atoms with Crippen LogP contribution in [-0.4, -0.2) is 4.98 Å². The molecule has 0 aliphatic rings. The van der Waals surface area contributed by atoms with Crippen molar-refractivity contribution in [3.63, 3.8) is 0 Å². The highest BCUT2D eigenvalue weighted by atomic mass is 79.9. The standard InChI is InChI=1S/C14H8BrCl2NO/c1-7-4-10(15)13-12(5-7)18-14(19-13)9-3-2-8(16)6-11(9)17/h2-6H,1H3. The zero-order chi connectivity index (χ0) is 13.6. The molecule has 5 heteroatoms. The van der Waals surface area contributed by atoms with E-state index in [0.717, 1.165) is 21.1 Å². The number of benzene rings is 2. The van der Waals surface area contributed by atoms with Crippen molar-refractivity contribution in [3.05, 3.63) is 50.4 Å². The van der Waals surface area contributed by atoms with E-state index in [-0.39, 0.29) is 0 Å². The number of oxazole rings is 1. The van der Waals surface area contributed by atoms with Crippen molar-refractivity contribution >= 4 is 50.2 Å². The highest BCUT2D eigenvalue weighted by Gasteiger charge is 2.14. The van der Waals surface area contributed by atoms with Crippen LogP contribution in [-0.2, 0) is 0 Å². The lowest BCUT2D eigenvalue weighted by Gasteiger charge is -1.99. The van der Waals surface area contributed by atoms with E-state index < -0.39 is 0 Å². The van der Waals surface area contributed by atoms with Crippen LogP contribution in [0.5, 0.6) is 0 Å². The van der Waals surface area contributed by atoms with E-state index in [1.165, 1.54) is 0 Å². The summed E-state index contributed by atoms with van der Waals surface area (Å²) in [5.74, 6) is 0.489. The Morgan fingerprint density at radius 2 is 1.95 bits per heavy atom. The second kappa shape index (κ2) is 4.82. The molecule has 0 aliphatic carbocycles. The molecule has 0 N–H and O–H groups in total. The van der Waals surface area contributed by atoms with E-state index in [0.29, 0.717) is 21.5 Å². The van der Waals surface area contributed by atoms with Crippen LogP contribution >= 0.6 is 39.1 Å². The average molecular weight is 357 g/mol. The van der Waals surface area contributed by atoms with Gasteiger partial charge in [0.25, 0.3) is 0 Å². The molecule has 0 aliphatic heterocycles. The zero-order valence-corrected chi connectivity index (χ0v) is 13.0. The quantitative estimate of drug-likeness (QED) is 0.544. The number of aromatic nitrogens is 1. The third-order valence-corrected chi connectivity index (χ3v) is 3.89. The molecule has 0 spiro atoms. The van der Waals surface area contributed by atoms with E-state index in [2.05, 4.69) is 20.9 Å². The summed E-state index contributed by atoms with van der Waals surface area (Å²) < 4.78 is 6.66. The molecule has 1 heterocycles. The van der Waals surface area contributed by atoms with Gasteiger partial charge in [0.05, 0.1) is 15.1 Å². The highest BCUT2D eigenvalue weighted by Crippen LogP contribution is 2.34. The Balaban J connectivity index is 2.23. The Morgan fingerprint density at radius 3 is 2.68 bits per heavy atom. The minimum atomic E-state index is 0.489. The summed E-state index contributed by atoms with van der Waals surface area (Å²) in [5, 5.41) is 1.11. The van der Waals surface area contributed by atoms with Crippen LogP contribution in [0.1, 0.15) is 5.56 Å². The summed E-state index contributed by atoms with van der Waals surface area (Å²) in [7, 11) is 0. The van der Waals surface area contributed by atoms with Gasteiger partial charge in [-0.2, -0.15) is 0 Å². The summed E-state index contributed by atoms with van der Waals surface area (Å²) in [4.78, 5) is 4.47. The molecule has 0 bridgehead atoms. The van der Waals surface area contributed by atoms with Crippen molar-refractivity contribution in [2.45, 2.75) is 6.92 Å². The highest BCUT2D eigenvalue weighted by molar-refractivity contribution is 9.10. The molecule has 0 amide bonds. The minimum Gasteiger partial charge on any atom is -0.435 e. The van der Waals surface area contributed by atoms with Gasteiger partial charge >= 0.3 is 0 Å². The molecule has 0 atom stereocenters. The van der Waals surface area contributed by atoms with Crippen molar-refractivity contribution in [2.75, 3.05) is 0 Å². The fraction of sp³-hybridized carbons (Fsp3) is 0.0714. The monoisotopic (exact) mass is 355 g/mol. The molecule has 96 valence electrons. The summed E-state index contributed by atoms with van der Waals surface area (Å²) in [6, 6.07) is 9.19. The van der Waals surface area contributed by atoms with Crippen LogP contribution in [0.3, 0.4) is 0 Å². The van der Waals surface area contributed by atoms with E-state index in [1.54, 1.807) is 18.2 Å². The van der Waals surface area contributed by atoms with Gasteiger partial charge in [0.1, 0.15) is 5.52 Å². The van der Waals surface area contributed by atoms with Gasteiger partial charge in [0.2, 0.25) is 5.89 Å². The Labute approximate surface area is 128 Å². The number of nitrogens with zero attached hydrogens (tertiary/aromatic N) is 1. The first kappa shape index (κ1) is 13.0. The summed E-state index contributed by atoms with van der Waals surface area (Å²) in [6.45, 7) is 2.01. The maximum absolute atomic E-state index is 6.17. The molecular formula is C14H8BrCl2NO. The first-order valence-electron chi connectivity index (χ1n) is 5.57. The number of aryl methyl sites for hydroxylation is 1. The molecular weight excluding hydrogens is 349 g/mol. The van der Waals surface area contributed by atoms with Gasteiger partial charge in [0.15, 0.2) is 5.58 Å². The molecule has 3 rings (SSSR count). The number of hydrogen-bond acceptors (Lipinski definition) is 2. The van der Waals surface area contributed by atoms with Crippen LogP contribution in [0.4, 0.5) is 0 Å². The molecule has 0 unspecified atom stereocenters. The Bertz CT molecular complexity index is 782. The molecule has 0 fully saturated rings. The van der Waals surface area contributed by atoms with Crippen LogP contribution in [0.15, 0.2) is 39.2 Å². The van der Waals surface area contributed by atoms with Crippen LogP contribution in [0.25, 0.3) is 22.6 Å². The first-order chi connectivity index (χ1) is 9.04. The summed E-state index contributed by atoms with van der Waals surface area (Å²) >= 11 is 15.5. The van der Waals surface area contributed by atoms with Crippen LogP contribution in [0.2, 0.25) is 10.0 Å². The van der Waals surface area contributed by atoms with Gasteiger partial charge in [-0.25, -0.2) is 4.98 Å². The van der Waals surface area contributed by atoms with Crippen molar-refractivity contribution in [1.82, 2.24) is 4.98 Å². The molecule has 0 radical (unpaired) electrons. The zero-order valence-electron chi connectivity index (χ0n) is 9.88. The lowest BCUT2D eigenvalue weighted by atomic mass is 10.2. The fourth-order valence-corrected chi connectivity index (χ4v) is 3.04. The average Bonchev–Trinajstić information content (AvgIpc) is 2.72. The molecule has 0 saturated carbocycles. The van der Waals surface area contributed by atoms with Crippen molar-refractivity contribution in [2.24, 2.45) is 0 Å². The van der Waals surface area contributed by atoms with E-state index >= 15 is 0 Å². The minimum absolute atomic E-state index is 0.489. The lowest BCUT2D eigenvalue weighted by Crippen LogP contribution is -1.79. The second-order valence-electron chi connectivity index (χ2n) is 4.24. The molecule has 3 aromatic rings. The van der Waals surface area contributed by atoms with Gasteiger partial charge in [-0.1, -0.05) is 23.2 Å². The van der Waals surface area contributed by atoms with Crippen molar-refractivity contribution < 1.29 is 4.42 Å². The number of rotatable bonds is 1. The predicted octanol–water partition coefficient (Wildman–Crippen LogP) is 5.87. The molecule has 1 aromatic heterocycles. The smallest absolute Gasteiger partial charge is 0.228 e. The summed E-state index contributed by atoms with van der Waals surface area (Å²) in [6.07, 6.45) is 0. The Kier molecular flexibility index (Phi) is 3.29. The third kappa shape index (κ3) is 2.38. The molecule has 0 saturated heterocycles. The molecule has 2 nitrogen and oxygen atoms in total. The van der Waals surface area contributed by atoms with Gasteiger partial charge < -0.3 is 4.42 Å². The van der Waals surface area contributed by atoms with Crippen LogP contribution < -0.4 is 0 Å². The molecule has 2 aromatic carbocycles. The van der Waals surface area contributed by atoms with E-state index in [4.69, 9.17) is 27.6 Å². The molecule has 19 heavy (non-hydrogen) atoms. The van der Waals surface area contributed by atoms with E-state index in [9.17, 15) is 0 Å². The maximum atomic E-state index is 6.17. The topological polar surface area (TPSA) is 26.0 Å². The number of halogens is 3. The van der Waals surface area contributed by atoms with Crippen molar-refractivity contribution in [1.29, 1.82) is 0 Å². The second-order valence-corrected chi connectivity index (χ2v) is 5.94. The van der Waals surface area contributed by atoms with Gasteiger partial charge in [0, 0.05) is 5.02 Å².